The molecule has 3 saturated heterocycles. The van der Waals surface area contributed by atoms with Gasteiger partial charge in [0.1, 0.15) is 17.7 Å². The number of anilines is 1. The molecular formula is C36H41BrClN3O7. The predicted molar refractivity (Wildman–Crippen MR) is 185 cm³/mol. The second-order valence-corrected chi connectivity index (χ2v) is 14.2. The number of aliphatic hydroxyl groups excluding tert-OH is 1. The summed E-state index contributed by atoms with van der Waals surface area (Å²) >= 11 is 9.82. The molecule has 48 heavy (non-hydrogen) atoms. The van der Waals surface area contributed by atoms with Crippen LogP contribution in [0.2, 0.25) is 5.02 Å². The zero-order chi connectivity index (χ0) is 34.7. The molecule has 5 rings (SSSR count). The first-order valence-corrected chi connectivity index (χ1v) is 17.4. The number of nitrogens with zero attached hydrogens (tertiary/aromatic N) is 2. The summed E-state index contributed by atoms with van der Waals surface area (Å²) in [6, 6.07) is 13.3. The van der Waals surface area contributed by atoms with Crippen molar-refractivity contribution in [3.8, 4) is 0 Å². The van der Waals surface area contributed by atoms with Gasteiger partial charge in [0.15, 0.2) is 0 Å². The number of likely N-dealkylation sites (tertiary alicyclic amines) is 1. The first kappa shape index (κ1) is 35.8. The number of rotatable bonds is 14. The fourth-order valence-electron chi connectivity index (χ4n) is 7.34. The van der Waals surface area contributed by atoms with Crippen LogP contribution in [0.5, 0.6) is 0 Å². The van der Waals surface area contributed by atoms with Crippen LogP contribution in [0.1, 0.15) is 44.8 Å². The minimum absolute atomic E-state index is 0.134. The Morgan fingerprint density at radius 3 is 2.48 bits per heavy atom. The fourth-order valence-corrected chi connectivity index (χ4v) is 8.41. The molecule has 2 N–H and O–H groups in total. The zero-order valence-corrected chi connectivity index (χ0v) is 29.3. The van der Waals surface area contributed by atoms with Gasteiger partial charge in [0.25, 0.3) is 5.91 Å². The summed E-state index contributed by atoms with van der Waals surface area (Å²) in [6.45, 7) is 10.6. The number of fused-ring (bicyclic) bond motifs is 1. The summed E-state index contributed by atoms with van der Waals surface area (Å²) in [5, 5.41) is 13.7. The molecule has 3 fully saturated rings. The highest BCUT2D eigenvalue weighted by Gasteiger charge is 2.77. The first-order chi connectivity index (χ1) is 23.0. The molecule has 0 saturated carbocycles. The summed E-state index contributed by atoms with van der Waals surface area (Å²) in [6.07, 6.45) is 2.63. The van der Waals surface area contributed by atoms with Gasteiger partial charge in [-0.3, -0.25) is 19.2 Å². The highest BCUT2D eigenvalue weighted by Crippen LogP contribution is 2.61. The van der Waals surface area contributed by atoms with E-state index in [0.29, 0.717) is 22.7 Å². The van der Waals surface area contributed by atoms with Gasteiger partial charge >= 0.3 is 5.97 Å². The minimum atomic E-state index is -1.38. The second-order valence-electron chi connectivity index (χ2n) is 12.6. The number of allylic oxidation sites excluding steroid dienone is 1. The number of aliphatic hydroxyl groups is 1. The third-order valence-corrected chi connectivity index (χ3v) is 10.6. The Balaban J connectivity index is 1.51. The van der Waals surface area contributed by atoms with Crippen LogP contribution in [0.25, 0.3) is 0 Å². The monoisotopic (exact) mass is 741 g/mol. The SMILES string of the molecule is C=CCCC(=O)N[C@H](C)[C@@H](OC(=O)[C@@H]1[C@H]2O[C@@]3(CC2Br)[C@H](C(=O)N(CC=C)c2ccc(Cl)cc2)N([C@H](C)CO)C(=O)[C@@H]13)c1ccccc1. The molecule has 10 nitrogen and oxygen atoms in total. The molecule has 2 aromatic rings. The van der Waals surface area contributed by atoms with E-state index in [1.807, 2.05) is 30.3 Å². The molecule has 1 spiro atoms. The van der Waals surface area contributed by atoms with E-state index in [2.05, 4.69) is 34.4 Å². The number of nitrogens with one attached hydrogen (secondary N) is 1. The van der Waals surface area contributed by atoms with Crippen molar-refractivity contribution in [2.24, 2.45) is 11.8 Å². The van der Waals surface area contributed by atoms with Crippen molar-refractivity contribution in [2.45, 2.75) is 73.9 Å². The van der Waals surface area contributed by atoms with Gasteiger partial charge in [-0.2, -0.15) is 0 Å². The van der Waals surface area contributed by atoms with Crippen molar-refractivity contribution in [3.63, 3.8) is 0 Å². The van der Waals surface area contributed by atoms with Gasteiger partial charge in [0, 0.05) is 28.5 Å². The number of ether oxygens (including phenoxy) is 2. The molecule has 12 heteroatoms. The standard InChI is InChI=1S/C36H41BrClN3O7/c1-5-7-13-27(43)39-22(4)30(23-11-9-8-10-12-23)47-35(46)28-29-33(44)41(21(3)20-42)32(36(29)19-26(37)31(28)48-36)34(45)40(18-6-2)25-16-14-24(38)15-17-25/h5-6,8-12,14-17,21-22,26,28-32,42H,1-2,7,13,18-20H2,3-4H3,(H,39,43)/t21-,22-,26?,28+,29-,30-,31+,32+,36-/m1/s1. The molecule has 2 bridgehead atoms. The van der Waals surface area contributed by atoms with Gasteiger partial charge in [0.2, 0.25) is 11.8 Å². The van der Waals surface area contributed by atoms with Crippen LogP contribution < -0.4 is 10.2 Å². The maximum Gasteiger partial charge on any atom is 0.313 e. The van der Waals surface area contributed by atoms with Crippen molar-refractivity contribution in [1.29, 1.82) is 0 Å². The van der Waals surface area contributed by atoms with Crippen LogP contribution in [-0.2, 0) is 28.7 Å². The first-order valence-electron chi connectivity index (χ1n) is 16.1. The van der Waals surface area contributed by atoms with Crippen LogP contribution in [0.15, 0.2) is 79.9 Å². The van der Waals surface area contributed by atoms with E-state index in [0.717, 1.165) is 0 Å². The minimum Gasteiger partial charge on any atom is -0.455 e. The number of halogens is 2. The smallest absolute Gasteiger partial charge is 0.313 e. The van der Waals surface area contributed by atoms with Crippen molar-refractivity contribution in [3.05, 3.63) is 90.5 Å². The van der Waals surface area contributed by atoms with E-state index in [1.165, 1.54) is 9.80 Å². The van der Waals surface area contributed by atoms with Crippen molar-refractivity contribution in [2.75, 3.05) is 18.1 Å². The molecule has 256 valence electrons. The van der Waals surface area contributed by atoms with Gasteiger partial charge in [-0.1, -0.05) is 70.0 Å². The van der Waals surface area contributed by atoms with Gasteiger partial charge in [-0.15, -0.1) is 13.2 Å². The number of hydrogen-bond donors (Lipinski definition) is 2. The lowest BCUT2D eigenvalue weighted by molar-refractivity contribution is -0.162. The number of benzene rings is 2. The lowest BCUT2D eigenvalue weighted by atomic mass is 9.70. The fraction of sp³-hybridized carbons (Fsp3) is 0.444. The van der Waals surface area contributed by atoms with Crippen molar-refractivity contribution >= 4 is 56.9 Å². The van der Waals surface area contributed by atoms with E-state index in [9.17, 15) is 24.3 Å². The third kappa shape index (κ3) is 6.57. The lowest BCUT2D eigenvalue weighted by Crippen LogP contribution is -2.58. The normalized spacial score (nSPS) is 27.5. The van der Waals surface area contributed by atoms with Crippen LogP contribution in [0.4, 0.5) is 5.69 Å². The Bertz CT molecular complexity index is 1540. The van der Waals surface area contributed by atoms with Gasteiger partial charge in [0.05, 0.1) is 36.6 Å². The summed E-state index contributed by atoms with van der Waals surface area (Å²) in [7, 11) is 0. The van der Waals surface area contributed by atoms with Crippen molar-refractivity contribution < 1.29 is 33.8 Å². The average Bonchev–Trinajstić information content (AvgIpc) is 3.68. The average molecular weight is 743 g/mol. The molecule has 2 aromatic carbocycles. The number of carbonyl (C=O) groups is 4. The molecule has 1 unspecified atom stereocenters. The number of hydrogen-bond acceptors (Lipinski definition) is 7. The van der Waals surface area contributed by atoms with Crippen molar-refractivity contribution in [1.82, 2.24) is 10.2 Å². The van der Waals surface area contributed by atoms with Crippen LogP contribution in [0, 0.1) is 11.8 Å². The maximum atomic E-state index is 14.6. The topological polar surface area (TPSA) is 125 Å². The Morgan fingerprint density at radius 2 is 1.85 bits per heavy atom. The number of amides is 3. The number of carbonyl (C=O) groups excluding carboxylic acids is 4. The molecule has 3 amide bonds. The largest absolute Gasteiger partial charge is 0.455 e. The summed E-state index contributed by atoms with van der Waals surface area (Å²) in [4.78, 5) is 58.6. The van der Waals surface area contributed by atoms with E-state index in [-0.39, 0.29) is 30.1 Å². The Labute approximate surface area is 294 Å². The quantitative estimate of drug-likeness (QED) is 0.163. The molecule has 3 aliphatic heterocycles. The highest BCUT2D eigenvalue weighted by atomic mass is 79.9. The maximum absolute atomic E-state index is 14.6. The molecule has 3 heterocycles. The summed E-state index contributed by atoms with van der Waals surface area (Å²) < 4.78 is 12.8. The van der Waals surface area contributed by atoms with Crippen LogP contribution in [-0.4, -0.2) is 81.5 Å². The Hall–Kier alpha value is -3.51. The highest BCUT2D eigenvalue weighted by molar-refractivity contribution is 9.09. The van der Waals surface area contributed by atoms with Crippen LogP contribution >= 0.6 is 27.5 Å². The van der Waals surface area contributed by atoms with E-state index >= 15 is 0 Å². The number of alkyl halides is 1. The summed E-state index contributed by atoms with van der Waals surface area (Å²) in [5.41, 5.74) is -0.165. The van der Waals surface area contributed by atoms with Gasteiger partial charge in [-0.25, -0.2) is 0 Å². The third-order valence-electron chi connectivity index (χ3n) is 9.48. The summed E-state index contributed by atoms with van der Waals surface area (Å²) in [5.74, 6) is -3.88. The molecule has 0 aromatic heterocycles. The molecule has 9 atom stereocenters. The molecule has 0 aliphatic carbocycles. The number of esters is 1. The Morgan fingerprint density at radius 1 is 1.17 bits per heavy atom. The zero-order valence-electron chi connectivity index (χ0n) is 27.0. The van der Waals surface area contributed by atoms with E-state index in [1.54, 1.807) is 50.3 Å². The van der Waals surface area contributed by atoms with E-state index in [4.69, 9.17) is 21.1 Å². The van der Waals surface area contributed by atoms with Gasteiger partial charge < -0.3 is 29.7 Å². The van der Waals surface area contributed by atoms with Gasteiger partial charge in [-0.05, 0) is 56.5 Å². The second kappa shape index (κ2) is 14.9. The Kier molecular flexibility index (Phi) is 11.1. The lowest BCUT2D eigenvalue weighted by Gasteiger charge is -2.38. The predicted octanol–water partition coefficient (Wildman–Crippen LogP) is 4.74. The van der Waals surface area contributed by atoms with Crippen LogP contribution in [0.3, 0.4) is 0 Å². The molecule has 3 aliphatic rings. The molecular weight excluding hydrogens is 702 g/mol. The molecule has 0 radical (unpaired) electrons. The van der Waals surface area contributed by atoms with E-state index < -0.39 is 72.2 Å².